The number of carbonyl (C=O) groups excluding carboxylic acids is 1. The molecule has 1 aromatic heterocycles. The molecule has 12 heteroatoms. The second-order valence-corrected chi connectivity index (χ2v) is 8.79. The fourth-order valence-electron chi connectivity index (χ4n) is 3.42. The molecule has 0 saturated carbocycles. The van der Waals surface area contributed by atoms with Crippen molar-refractivity contribution in [2.24, 2.45) is 0 Å². The standard InChI is InChI=1S/C19H16F2N4O5S/c20-12-2-1-3-13(21)16(12)31(29,30)25-8-6-24(7-9-25)19(28)11-4-5-14-15(10-11)23-18(27)17(26)22-14/h1-5,10H,6-9H2,(H,22,26)(H,23,27). The molecule has 1 saturated heterocycles. The van der Waals surface area contributed by atoms with E-state index >= 15 is 0 Å². The molecular formula is C19H16F2N4O5S. The summed E-state index contributed by atoms with van der Waals surface area (Å²) >= 11 is 0. The summed E-state index contributed by atoms with van der Waals surface area (Å²) in [4.78, 5) is 40.8. The fraction of sp³-hybridized carbons (Fsp3) is 0.211. The van der Waals surface area contributed by atoms with E-state index in [1.165, 1.54) is 23.1 Å². The summed E-state index contributed by atoms with van der Waals surface area (Å²) in [5.74, 6) is -2.77. The zero-order valence-corrected chi connectivity index (χ0v) is 16.7. The van der Waals surface area contributed by atoms with Crippen LogP contribution in [0, 0.1) is 11.6 Å². The molecule has 4 rings (SSSR count). The predicted octanol–water partition coefficient (Wildman–Crippen LogP) is 0.641. The zero-order valence-electron chi connectivity index (χ0n) is 15.9. The average Bonchev–Trinajstić information content (AvgIpc) is 2.73. The summed E-state index contributed by atoms with van der Waals surface area (Å²) in [6.07, 6.45) is 0. The topological polar surface area (TPSA) is 123 Å². The number of sulfonamides is 1. The molecule has 0 aliphatic carbocycles. The number of hydrogen-bond donors (Lipinski definition) is 2. The van der Waals surface area contributed by atoms with Crippen LogP contribution in [0.4, 0.5) is 8.78 Å². The molecule has 2 N–H and O–H groups in total. The summed E-state index contributed by atoms with van der Waals surface area (Å²) in [6, 6.07) is 7.16. The first-order chi connectivity index (χ1) is 14.7. The number of halogens is 2. The van der Waals surface area contributed by atoms with Crippen molar-refractivity contribution >= 4 is 27.0 Å². The van der Waals surface area contributed by atoms with Crippen LogP contribution in [0.25, 0.3) is 11.0 Å². The van der Waals surface area contributed by atoms with Crippen LogP contribution >= 0.6 is 0 Å². The second-order valence-electron chi connectivity index (χ2n) is 6.92. The Hall–Kier alpha value is -3.38. The van der Waals surface area contributed by atoms with Crippen LogP contribution in [0.5, 0.6) is 0 Å². The quantitative estimate of drug-likeness (QED) is 0.567. The van der Waals surface area contributed by atoms with Crippen molar-refractivity contribution in [3.05, 3.63) is 74.3 Å². The third-order valence-corrected chi connectivity index (χ3v) is 6.96. The summed E-state index contributed by atoms with van der Waals surface area (Å²) in [7, 11) is -4.40. The lowest BCUT2D eigenvalue weighted by Gasteiger charge is -2.34. The Bertz CT molecular complexity index is 1390. The number of nitrogens with zero attached hydrogens (tertiary/aromatic N) is 2. The molecule has 0 unspecified atom stereocenters. The van der Waals surface area contributed by atoms with Crippen molar-refractivity contribution in [3.8, 4) is 0 Å². The molecule has 1 amide bonds. The number of aromatic amines is 2. The first kappa shape index (κ1) is 20.9. The van der Waals surface area contributed by atoms with Gasteiger partial charge in [0.05, 0.1) is 11.0 Å². The molecule has 1 aliphatic heterocycles. The molecule has 0 atom stereocenters. The Morgan fingerprint density at radius 2 is 1.45 bits per heavy atom. The maximum absolute atomic E-state index is 14.0. The summed E-state index contributed by atoms with van der Waals surface area (Å²) < 4.78 is 54.2. The van der Waals surface area contributed by atoms with Gasteiger partial charge in [-0.25, -0.2) is 17.2 Å². The van der Waals surface area contributed by atoms with Gasteiger partial charge in [0.2, 0.25) is 10.0 Å². The van der Waals surface area contributed by atoms with Gasteiger partial charge in [-0.2, -0.15) is 4.31 Å². The van der Waals surface area contributed by atoms with Gasteiger partial charge in [0, 0.05) is 31.7 Å². The van der Waals surface area contributed by atoms with E-state index in [4.69, 9.17) is 0 Å². The Kier molecular flexibility index (Phi) is 5.19. The number of benzene rings is 2. The highest BCUT2D eigenvalue weighted by atomic mass is 32.2. The lowest BCUT2D eigenvalue weighted by molar-refractivity contribution is 0.0697. The highest BCUT2D eigenvalue weighted by Gasteiger charge is 2.34. The number of carbonyl (C=O) groups is 1. The first-order valence-corrected chi connectivity index (χ1v) is 10.6. The van der Waals surface area contributed by atoms with Gasteiger partial charge < -0.3 is 14.9 Å². The Labute approximate surface area is 174 Å². The number of aromatic nitrogens is 2. The lowest BCUT2D eigenvalue weighted by Crippen LogP contribution is -2.50. The second kappa shape index (κ2) is 7.71. The van der Waals surface area contributed by atoms with Gasteiger partial charge in [-0.1, -0.05) is 6.07 Å². The molecule has 31 heavy (non-hydrogen) atoms. The zero-order chi connectivity index (χ0) is 22.3. The van der Waals surface area contributed by atoms with Crippen LogP contribution in [0.15, 0.2) is 50.9 Å². The molecule has 1 aliphatic rings. The van der Waals surface area contributed by atoms with Gasteiger partial charge in [-0.15, -0.1) is 0 Å². The summed E-state index contributed by atoms with van der Waals surface area (Å²) in [5.41, 5.74) is -0.811. The van der Waals surface area contributed by atoms with E-state index in [9.17, 15) is 31.6 Å². The number of amides is 1. The van der Waals surface area contributed by atoms with Crippen molar-refractivity contribution in [2.75, 3.05) is 26.2 Å². The van der Waals surface area contributed by atoms with Crippen molar-refractivity contribution in [3.63, 3.8) is 0 Å². The van der Waals surface area contributed by atoms with Crippen molar-refractivity contribution in [1.82, 2.24) is 19.2 Å². The van der Waals surface area contributed by atoms with Crippen molar-refractivity contribution < 1.29 is 22.0 Å². The van der Waals surface area contributed by atoms with Crippen molar-refractivity contribution in [1.29, 1.82) is 0 Å². The third-order valence-electron chi connectivity index (χ3n) is 5.01. The van der Waals surface area contributed by atoms with Crippen LogP contribution in [0.2, 0.25) is 0 Å². The Morgan fingerprint density at radius 3 is 2.06 bits per heavy atom. The number of nitrogens with one attached hydrogen (secondary N) is 2. The van der Waals surface area contributed by atoms with E-state index in [2.05, 4.69) is 9.97 Å². The fourth-order valence-corrected chi connectivity index (χ4v) is 4.95. The van der Waals surface area contributed by atoms with E-state index in [1.54, 1.807) is 0 Å². The van der Waals surface area contributed by atoms with Gasteiger partial charge in [0.25, 0.3) is 5.91 Å². The number of fused-ring (bicyclic) bond motifs is 1. The van der Waals surface area contributed by atoms with Gasteiger partial charge in [0.15, 0.2) is 4.90 Å². The summed E-state index contributed by atoms with van der Waals surface area (Å²) in [6.45, 7) is -0.262. The normalized spacial score (nSPS) is 15.4. The minimum Gasteiger partial charge on any atom is -0.336 e. The van der Waals surface area contributed by atoms with E-state index < -0.39 is 43.6 Å². The molecule has 0 bridgehead atoms. The molecule has 162 valence electrons. The van der Waals surface area contributed by atoms with Crippen LogP contribution in [-0.4, -0.2) is 59.7 Å². The van der Waals surface area contributed by atoms with Gasteiger partial charge in [-0.05, 0) is 30.3 Å². The molecule has 2 heterocycles. The highest BCUT2D eigenvalue weighted by molar-refractivity contribution is 7.89. The SMILES string of the molecule is O=C(c1ccc2[nH]c(=O)c(=O)[nH]c2c1)N1CCN(S(=O)(=O)c2c(F)cccc2F)CC1. The van der Waals surface area contributed by atoms with E-state index in [0.29, 0.717) is 5.52 Å². The monoisotopic (exact) mass is 450 g/mol. The maximum atomic E-state index is 14.0. The maximum Gasteiger partial charge on any atom is 0.314 e. The van der Waals surface area contributed by atoms with Crippen LogP contribution < -0.4 is 11.1 Å². The average molecular weight is 450 g/mol. The molecule has 9 nitrogen and oxygen atoms in total. The van der Waals surface area contributed by atoms with E-state index in [-0.39, 0.29) is 37.3 Å². The number of hydrogen-bond acceptors (Lipinski definition) is 5. The van der Waals surface area contributed by atoms with Crippen LogP contribution in [-0.2, 0) is 10.0 Å². The molecule has 3 aromatic rings. The Morgan fingerprint density at radius 1 is 0.871 bits per heavy atom. The number of piperazine rings is 1. The number of rotatable bonds is 3. The molecular weight excluding hydrogens is 434 g/mol. The van der Waals surface area contributed by atoms with Gasteiger partial charge >= 0.3 is 11.1 Å². The minimum absolute atomic E-state index is 0.00825. The molecule has 2 aromatic carbocycles. The highest BCUT2D eigenvalue weighted by Crippen LogP contribution is 2.24. The first-order valence-electron chi connectivity index (χ1n) is 9.18. The predicted molar refractivity (Wildman–Crippen MR) is 106 cm³/mol. The summed E-state index contributed by atoms with van der Waals surface area (Å²) in [5, 5.41) is 0. The van der Waals surface area contributed by atoms with Crippen molar-refractivity contribution in [2.45, 2.75) is 4.90 Å². The van der Waals surface area contributed by atoms with Gasteiger partial charge in [0.1, 0.15) is 11.6 Å². The molecule has 1 fully saturated rings. The lowest BCUT2D eigenvalue weighted by atomic mass is 10.1. The molecule has 0 radical (unpaired) electrons. The van der Waals surface area contributed by atoms with Crippen LogP contribution in [0.1, 0.15) is 10.4 Å². The molecule has 0 spiro atoms. The smallest absolute Gasteiger partial charge is 0.314 e. The third kappa shape index (κ3) is 3.75. The van der Waals surface area contributed by atoms with Crippen LogP contribution in [0.3, 0.4) is 0 Å². The Balaban J connectivity index is 1.53. The largest absolute Gasteiger partial charge is 0.336 e. The van der Waals surface area contributed by atoms with Gasteiger partial charge in [-0.3, -0.25) is 14.4 Å². The number of H-pyrrole nitrogens is 2. The van der Waals surface area contributed by atoms with E-state index in [0.717, 1.165) is 22.5 Å². The minimum atomic E-state index is -4.40. The van der Waals surface area contributed by atoms with E-state index in [1.807, 2.05) is 0 Å².